The van der Waals surface area contributed by atoms with Crippen LogP contribution in [0, 0.1) is 0 Å². The van der Waals surface area contributed by atoms with Gasteiger partial charge in [0.05, 0.1) is 35.5 Å². The average molecular weight is 1230 g/mol. The molecule has 0 amide bonds. The maximum Gasteiger partial charge on any atom is 2.00 e. The molecule has 2 aromatic rings. The second kappa shape index (κ2) is 53.6. The molecule has 0 spiro atoms. The Hall–Kier alpha value is -2.60. The summed E-state index contributed by atoms with van der Waals surface area (Å²) in [6.45, 7) is 7.88. The molecule has 0 fully saturated rings. The topological polar surface area (TPSA) is 220 Å². The first kappa shape index (κ1) is 80.4. The van der Waals surface area contributed by atoms with Crippen LogP contribution >= 0.6 is 0 Å². The second-order valence-corrected chi connectivity index (χ2v) is 25.3. The number of esters is 4. The van der Waals surface area contributed by atoms with Crippen LogP contribution in [-0.2, 0) is 39.2 Å². The minimum Gasteiger partial charge on any atom is -0.745 e. The molecule has 0 heterocycles. The quantitative estimate of drug-likeness (QED) is 0.0198. The summed E-state index contributed by atoms with van der Waals surface area (Å²) in [5.74, 6) is -3.42. The zero-order chi connectivity index (χ0) is 60.4. The molecule has 0 aliphatic heterocycles. The van der Waals surface area contributed by atoms with Gasteiger partial charge in [-0.3, -0.25) is 0 Å². The molecule has 0 bridgehead atoms. The summed E-state index contributed by atoms with van der Waals surface area (Å²) in [5, 5.41) is 0. The zero-order valence-electron chi connectivity index (χ0n) is 52.1. The van der Waals surface area contributed by atoms with Gasteiger partial charge in [-0.15, -0.1) is 0 Å². The minimum absolute atomic E-state index is 0. The molecule has 14 nitrogen and oxygen atoms in total. The molecule has 0 saturated heterocycles. The van der Waals surface area contributed by atoms with Gasteiger partial charge in [-0.05, 0) is 49.9 Å². The van der Waals surface area contributed by atoms with Crippen molar-refractivity contribution in [1.29, 1.82) is 0 Å². The van der Waals surface area contributed by atoms with Crippen LogP contribution in [0.2, 0.25) is 0 Å². The van der Waals surface area contributed by atoms with Gasteiger partial charge < -0.3 is 28.1 Å². The Kier molecular flexibility index (Phi) is 51.9. The Bertz CT molecular complexity index is 2020. The van der Waals surface area contributed by atoms with Gasteiger partial charge in [-0.25, -0.2) is 36.0 Å². The van der Waals surface area contributed by atoms with Crippen molar-refractivity contribution in [3.05, 3.63) is 70.8 Å². The Morgan fingerprint density at radius 2 is 0.506 bits per heavy atom. The minimum atomic E-state index is -4.80. The summed E-state index contributed by atoms with van der Waals surface area (Å²) in [5.41, 5.74) is -3.86. The molecule has 472 valence electrons. The van der Waals surface area contributed by atoms with Crippen molar-refractivity contribution in [3.8, 4) is 0 Å². The molecular formula is C66H110CaO14S2. The van der Waals surface area contributed by atoms with Crippen LogP contribution in [0.5, 0.6) is 0 Å². The first-order valence-electron chi connectivity index (χ1n) is 32.5. The molecule has 2 aromatic carbocycles. The number of benzene rings is 2. The summed E-state index contributed by atoms with van der Waals surface area (Å²) in [4.78, 5) is 49.9. The van der Waals surface area contributed by atoms with E-state index in [-0.39, 0.29) is 86.0 Å². The van der Waals surface area contributed by atoms with Gasteiger partial charge in [-0.2, -0.15) is 0 Å². The Balaban J connectivity index is 0.00000160. The van der Waals surface area contributed by atoms with E-state index in [0.717, 1.165) is 38.5 Å². The Morgan fingerprint density at radius 3 is 0.687 bits per heavy atom. The van der Waals surface area contributed by atoms with Crippen molar-refractivity contribution in [2.24, 2.45) is 0 Å². The van der Waals surface area contributed by atoms with E-state index in [1.54, 1.807) is 12.1 Å². The fraction of sp³-hybridized carbons (Fsp3) is 0.758. The van der Waals surface area contributed by atoms with Crippen molar-refractivity contribution >= 4 is 81.9 Å². The van der Waals surface area contributed by atoms with Crippen molar-refractivity contribution < 1.29 is 64.1 Å². The second-order valence-electron chi connectivity index (χ2n) is 22.3. The van der Waals surface area contributed by atoms with E-state index in [1.807, 2.05) is 0 Å². The van der Waals surface area contributed by atoms with Gasteiger partial charge in [0, 0.05) is 0 Å². The molecule has 2 unspecified atom stereocenters. The molecule has 2 atom stereocenters. The molecule has 83 heavy (non-hydrogen) atoms. The smallest absolute Gasteiger partial charge is 0.745 e. The molecule has 0 aliphatic rings. The van der Waals surface area contributed by atoms with Crippen LogP contribution in [0.15, 0.2) is 48.5 Å². The third-order valence-corrected chi connectivity index (χ3v) is 17.1. The standard InChI is InChI=1S/2C33H56O7S.Ca/c2*1-3-5-6-7-8-9-10-11-12-13-14-15-16-17-18-19-20-21-22-25-28-39-32(34)29-26-23-24-27-30(29)33(35)40-31(4-2)41(36,37)38;/h2*23-24,26-27,31H,3-22,25,28H2,1-2H3,(H,36,37,38);/q;;+2/p-2. The van der Waals surface area contributed by atoms with E-state index in [2.05, 4.69) is 13.8 Å². The van der Waals surface area contributed by atoms with Crippen LogP contribution in [0.3, 0.4) is 0 Å². The van der Waals surface area contributed by atoms with Crippen LogP contribution in [0.4, 0.5) is 0 Å². The summed E-state index contributed by atoms with van der Waals surface area (Å²) in [7, 11) is -9.61. The molecule has 2 rings (SSSR count). The zero-order valence-corrected chi connectivity index (χ0v) is 56.0. The van der Waals surface area contributed by atoms with Crippen LogP contribution in [0.1, 0.15) is 339 Å². The average Bonchev–Trinajstić information content (AvgIpc) is 3.48. The van der Waals surface area contributed by atoms with Crippen molar-refractivity contribution in [3.63, 3.8) is 0 Å². The third-order valence-electron chi connectivity index (χ3n) is 15.0. The van der Waals surface area contributed by atoms with Crippen LogP contribution in [0.25, 0.3) is 0 Å². The Labute approximate surface area is 534 Å². The monoisotopic (exact) mass is 1230 g/mol. The van der Waals surface area contributed by atoms with Gasteiger partial charge in [0.2, 0.25) is 0 Å². The number of ether oxygens (including phenoxy) is 4. The number of carbonyl (C=O) groups excluding carboxylic acids is 4. The van der Waals surface area contributed by atoms with Gasteiger partial charge in [0.1, 0.15) is 20.2 Å². The number of hydrogen-bond acceptors (Lipinski definition) is 14. The summed E-state index contributed by atoms with van der Waals surface area (Å²) >= 11 is 0. The third kappa shape index (κ3) is 42.8. The summed E-state index contributed by atoms with van der Waals surface area (Å²) in [6.07, 6.45) is 51.5. The molecule has 17 heteroatoms. The first-order valence-corrected chi connectivity index (χ1v) is 35.4. The van der Waals surface area contributed by atoms with E-state index in [9.17, 15) is 45.1 Å². The normalized spacial score (nSPS) is 12.1. The maximum atomic E-state index is 12.5. The molecule has 0 saturated carbocycles. The van der Waals surface area contributed by atoms with Crippen molar-refractivity contribution in [1.82, 2.24) is 0 Å². The first-order chi connectivity index (χ1) is 39.6. The molecule has 0 aliphatic carbocycles. The summed E-state index contributed by atoms with van der Waals surface area (Å²) in [6, 6.07) is 11.7. The fourth-order valence-electron chi connectivity index (χ4n) is 9.94. The van der Waals surface area contributed by atoms with Crippen molar-refractivity contribution in [2.45, 2.75) is 308 Å². The molecule has 0 radical (unpaired) electrons. The van der Waals surface area contributed by atoms with E-state index in [0.29, 0.717) is 0 Å². The molecular weight excluding hydrogens is 1120 g/mol. The van der Waals surface area contributed by atoms with E-state index in [4.69, 9.17) is 18.9 Å². The van der Waals surface area contributed by atoms with E-state index < -0.39 is 55.0 Å². The number of hydrogen-bond donors (Lipinski definition) is 0. The van der Waals surface area contributed by atoms with Gasteiger partial charge in [-0.1, -0.05) is 296 Å². The van der Waals surface area contributed by atoms with Crippen molar-refractivity contribution in [2.75, 3.05) is 13.2 Å². The van der Waals surface area contributed by atoms with Gasteiger partial charge in [0.25, 0.3) is 0 Å². The number of rotatable bonds is 52. The van der Waals surface area contributed by atoms with Gasteiger partial charge >= 0.3 is 61.6 Å². The molecule has 0 aromatic heterocycles. The predicted octanol–water partition coefficient (Wildman–Crippen LogP) is 17.8. The number of carbonyl (C=O) groups is 4. The molecule has 0 N–H and O–H groups in total. The van der Waals surface area contributed by atoms with Crippen LogP contribution < -0.4 is 0 Å². The number of unbranched alkanes of at least 4 members (excludes halogenated alkanes) is 38. The Morgan fingerprint density at radius 1 is 0.325 bits per heavy atom. The van der Waals surface area contributed by atoms with E-state index in [1.165, 1.54) is 269 Å². The SMILES string of the molecule is CCCCCCCCCCCCCCCCCCCCCCOC(=O)c1ccccc1C(=O)OC(CC)S(=O)(=O)[O-].CCCCCCCCCCCCCCCCCCCCCCOC(=O)c1ccccc1C(=O)OC(CC)S(=O)(=O)[O-].[Ca+2]. The summed E-state index contributed by atoms with van der Waals surface area (Å²) < 4.78 is 87.7. The largest absolute Gasteiger partial charge is 2.00 e. The van der Waals surface area contributed by atoms with E-state index >= 15 is 0 Å². The fourth-order valence-corrected chi connectivity index (χ4v) is 11.2. The predicted molar refractivity (Wildman–Crippen MR) is 334 cm³/mol. The van der Waals surface area contributed by atoms with Crippen LogP contribution in [-0.4, -0.2) is 112 Å². The maximum absolute atomic E-state index is 12.5. The van der Waals surface area contributed by atoms with Gasteiger partial charge in [0.15, 0.2) is 10.9 Å².